The van der Waals surface area contributed by atoms with Gasteiger partial charge in [0.2, 0.25) is 0 Å². The molecule has 2 N–H and O–H groups in total. The third-order valence-electron chi connectivity index (χ3n) is 4.85. The first kappa shape index (κ1) is 20.4. The normalized spacial score (nSPS) is 15.0. The van der Waals surface area contributed by atoms with Gasteiger partial charge in [-0.1, -0.05) is 12.1 Å². The number of carbonyl (C=O) groups excluding carboxylic acids is 1. The number of esters is 1. The second kappa shape index (κ2) is 8.36. The molecule has 0 radical (unpaired) electrons. The smallest absolute Gasteiger partial charge is 0.341 e. The van der Waals surface area contributed by atoms with Crippen LogP contribution in [0, 0.1) is 13.8 Å². The average molecular weight is 406 g/mol. The highest BCUT2D eigenvalue weighted by molar-refractivity contribution is 7.92. The van der Waals surface area contributed by atoms with Gasteiger partial charge >= 0.3 is 5.97 Å². The predicted molar refractivity (Wildman–Crippen MR) is 108 cm³/mol. The van der Waals surface area contributed by atoms with Gasteiger partial charge in [0.25, 0.3) is 10.0 Å². The zero-order chi connectivity index (χ0) is 20.3. The maximum atomic E-state index is 13.1. The highest BCUT2D eigenvalue weighted by Crippen LogP contribution is 2.27. The summed E-state index contributed by atoms with van der Waals surface area (Å²) in [6.07, 6.45) is 2.41. The van der Waals surface area contributed by atoms with Crippen molar-refractivity contribution in [2.75, 3.05) is 24.4 Å². The van der Waals surface area contributed by atoms with E-state index in [0.29, 0.717) is 17.1 Å². The molecule has 152 valence electrons. The van der Waals surface area contributed by atoms with Crippen LogP contribution in [-0.4, -0.2) is 44.0 Å². The first-order valence-corrected chi connectivity index (χ1v) is 11.0. The molecule has 0 aliphatic carbocycles. The van der Waals surface area contributed by atoms with Crippen LogP contribution in [0.25, 0.3) is 0 Å². The van der Waals surface area contributed by atoms with E-state index in [1.165, 1.54) is 12.8 Å². The Morgan fingerprint density at radius 3 is 2.61 bits per heavy atom. The molecular weight excluding hydrogens is 378 g/mol. The van der Waals surface area contributed by atoms with Gasteiger partial charge < -0.3 is 9.72 Å². The van der Waals surface area contributed by atoms with E-state index in [0.717, 1.165) is 25.2 Å². The van der Waals surface area contributed by atoms with Crippen molar-refractivity contribution in [2.45, 2.75) is 45.1 Å². The molecule has 0 atom stereocenters. The number of benzene rings is 1. The van der Waals surface area contributed by atoms with Crippen molar-refractivity contribution in [1.29, 1.82) is 0 Å². The first-order valence-electron chi connectivity index (χ1n) is 9.52. The molecule has 0 unspecified atom stereocenters. The average Bonchev–Trinajstić information content (AvgIpc) is 3.22. The van der Waals surface area contributed by atoms with E-state index in [4.69, 9.17) is 4.74 Å². The molecule has 0 amide bonds. The number of likely N-dealkylation sites (tertiary alicyclic amines) is 1. The number of H-pyrrole nitrogens is 1. The summed E-state index contributed by atoms with van der Waals surface area (Å²) >= 11 is 0. The van der Waals surface area contributed by atoms with Gasteiger partial charge in [0.1, 0.15) is 10.5 Å². The van der Waals surface area contributed by atoms with E-state index in [1.807, 2.05) is 18.2 Å². The summed E-state index contributed by atoms with van der Waals surface area (Å²) < 4.78 is 33.8. The van der Waals surface area contributed by atoms with Crippen LogP contribution in [0.1, 0.15) is 47.1 Å². The number of sulfonamides is 1. The monoisotopic (exact) mass is 405 g/mol. The van der Waals surface area contributed by atoms with Crippen LogP contribution in [0.3, 0.4) is 0 Å². The topological polar surface area (TPSA) is 91.5 Å². The molecule has 1 aromatic heterocycles. The number of nitrogens with zero attached hydrogens (tertiary/aromatic N) is 1. The zero-order valence-corrected chi connectivity index (χ0v) is 17.4. The minimum Gasteiger partial charge on any atom is -0.462 e. The molecule has 8 heteroatoms. The largest absolute Gasteiger partial charge is 0.462 e. The number of hydrogen-bond donors (Lipinski definition) is 2. The molecule has 1 fully saturated rings. The number of aromatic amines is 1. The summed E-state index contributed by atoms with van der Waals surface area (Å²) in [7, 11) is -3.96. The number of rotatable bonds is 7. The number of ether oxygens (including phenoxy) is 1. The van der Waals surface area contributed by atoms with Crippen molar-refractivity contribution in [3.8, 4) is 0 Å². The molecule has 3 rings (SSSR count). The molecule has 2 aromatic rings. The lowest BCUT2D eigenvalue weighted by Crippen LogP contribution is -2.19. The number of carbonyl (C=O) groups is 1. The summed E-state index contributed by atoms with van der Waals surface area (Å²) in [5.41, 5.74) is 2.46. The van der Waals surface area contributed by atoms with Crippen molar-refractivity contribution in [2.24, 2.45) is 0 Å². The molecule has 1 aliphatic rings. The maximum Gasteiger partial charge on any atom is 0.341 e. The zero-order valence-electron chi connectivity index (χ0n) is 16.5. The fourth-order valence-corrected chi connectivity index (χ4v) is 5.18. The van der Waals surface area contributed by atoms with E-state index in [-0.39, 0.29) is 17.1 Å². The summed E-state index contributed by atoms with van der Waals surface area (Å²) in [6.45, 7) is 8.09. The fraction of sp³-hybridized carbons (Fsp3) is 0.450. The molecule has 0 saturated carbocycles. The SMILES string of the molecule is CCOC(=O)c1c(C)[nH]c(C)c1S(=O)(=O)Nc1cccc(CN2CCCC2)c1. The first-order chi connectivity index (χ1) is 13.3. The maximum absolute atomic E-state index is 13.1. The highest BCUT2D eigenvalue weighted by atomic mass is 32.2. The van der Waals surface area contributed by atoms with Crippen molar-refractivity contribution < 1.29 is 17.9 Å². The summed E-state index contributed by atoms with van der Waals surface area (Å²) in [6, 6.07) is 7.38. The minimum absolute atomic E-state index is 0.0556. The molecule has 0 bridgehead atoms. The Bertz CT molecular complexity index is 960. The Balaban J connectivity index is 1.87. The lowest BCUT2D eigenvalue weighted by atomic mass is 10.2. The second-order valence-corrected chi connectivity index (χ2v) is 8.71. The van der Waals surface area contributed by atoms with Gasteiger partial charge in [-0.05, 0) is 64.4 Å². The summed E-state index contributed by atoms with van der Waals surface area (Å²) in [4.78, 5) is 17.5. The number of hydrogen-bond acceptors (Lipinski definition) is 5. The van der Waals surface area contributed by atoms with E-state index in [2.05, 4.69) is 14.6 Å². The summed E-state index contributed by atoms with van der Waals surface area (Å²) in [5.74, 6) is -0.646. The van der Waals surface area contributed by atoms with Crippen LogP contribution in [-0.2, 0) is 21.3 Å². The highest BCUT2D eigenvalue weighted by Gasteiger charge is 2.30. The van der Waals surface area contributed by atoms with E-state index >= 15 is 0 Å². The number of anilines is 1. The third kappa shape index (κ3) is 4.39. The van der Waals surface area contributed by atoms with Crippen molar-refractivity contribution in [1.82, 2.24) is 9.88 Å². The Hall–Kier alpha value is -2.32. The molecule has 28 heavy (non-hydrogen) atoms. The van der Waals surface area contributed by atoms with Crippen LogP contribution in [0.5, 0.6) is 0 Å². The van der Waals surface area contributed by atoms with Crippen LogP contribution in [0.4, 0.5) is 5.69 Å². The van der Waals surface area contributed by atoms with Gasteiger partial charge in [-0.15, -0.1) is 0 Å². The Labute approximate surface area is 166 Å². The predicted octanol–water partition coefficient (Wildman–Crippen LogP) is 3.20. The Kier molecular flexibility index (Phi) is 6.10. The Morgan fingerprint density at radius 2 is 1.93 bits per heavy atom. The van der Waals surface area contributed by atoms with Gasteiger partial charge in [0, 0.05) is 23.6 Å². The molecular formula is C20H27N3O4S. The van der Waals surface area contributed by atoms with Gasteiger partial charge in [0.05, 0.1) is 6.61 Å². The summed E-state index contributed by atoms with van der Waals surface area (Å²) in [5, 5.41) is 0. The minimum atomic E-state index is -3.96. The van der Waals surface area contributed by atoms with E-state index < -0.39 is 16.0 Å². The molecule has 1 aromatic carbocycles. The standard InChI is InChI=1S/C20H27N3O4S/c1-4-27-20(24)18-14(2)21-15(3)19(18)28(25,26)22-17-9-7-8-16(12-17)13-23-10-5-6-11-23/h7-9,12,21-22H,4-6,10-11,13H2,1-3H3. The van der Waals surface area contributed by atoms with Gasteiger partial charge in [-0.3, -0.25) is 9.62 Å². The quantitative estimate of drug-likeness (QED) is 0.690. The van der Waals surface area contributed by atoms with E-state index in [1.54, 1.807) is 26.8 Å². The van der Waals surface area contributed by atoms with Crippen molar-refractivity contribution in [3.05, 3.63) is 46.8 Å². The lowest BCUT2D eigenvalue weighted by molar-refractivity contribution is 0.0521. The second-order valence-electron chi connectivity index (χ2n) is 7.09. The number of nitrogens with one attached hydrogen (secondary N) is 2. The third-order valence-corrected chi connectivity index (χ3v) is 6.40. The van der Waals surface area contributed by atoms with Crippen LogP contribution in [0.15, 0.2) is 29.2 Å². The van der Waals surface area contributed by atoms with Gasteiger partial charge in [-0.25, -0.2) is 13.2 Å². The van der Waals surface area contributed by atoms with Gasteiger partial charge in [0.15, 0.2) is 0 Å². The van der Waals surface area contributed by atoms with Crippen molar-refractivity contribution >= 4 is 21.7 Å². The molecule has 2 heterocycles. The van der Waals surface area contributed by atoms with Gasteiger partial charge in [-0.2, -0.15) is 0 Å². The molecule has 7 nitrogen and oxygen atoms in total. The lowest BCUT2D eigenvalue weighted by Gasteiger charge is -2.16. The molecule has 1 aliphatic heterocycles. The van der Waals surface area contributed by atoms with Crippen molar-refractivity contribution in [3.63, 3.8) is 0 Å². The Morgan fingerprint density at radius 1 is 1.21 bits per heavy atom. The van der Waals surface area contributed by atoms with E-state index in [9.17, 15) is 13.2 Å². The van der Waals surface area contributed by atoms with Crippen LogP contribution >= 0.6 is 0 Å². The molecule has 1 saturated heterocycles. The number of aryl methyl sites for hydroxylation is 2. The molecule has 0 spiro atoms. The van der Waals surface area contributed by atoms with Crippen LogP contribution in [0.2, 0.25) is 0 Å². The number of aromatic nitrogens is 1. The van der Waals surface area contributed by atoms with Crippen LogP contribution < -0.4 is 4.72 Å². The fourth-order valence-electron chi connectivity index (χ4n) is 3.68.